The fraction of sp³-hybridized carbons (Fsp3) is 0.273. The summed E-state index contributed by atoms with van der Waals surface area (Å²) in [5.41, 5.74) is 0.902. The van der Waals surface area contributed by atoms with Gasteiger partial charge in [0.05, 0.1) is 23.7 Å². The Morgan fingerprint density at radius 3 is 2.67 bits per heavy atom. The van der Waals surface area contributed by atoms with Crippen LogP contribution in [0, 0.1) is 0 Å². The molecule has 1 heterocycles. The first kappa shape index (κ1) is 21.0. The second-order valence-electron chi connectivity index (χ2n) is 6.70. The highest BCUT2D eigenvalue weighted by atomic mass is 16.5. The molecular formula is C22H23N3O5. The quantitative estimate of drug-likeness (QED) is 0.554. The third-order valence-corrected chi connectivity index (χ3v) is 4.50. The number of para-hydroxylation sites is 3. The number of methoxy groups -OCH3 is 1. The number of H-pyrrole nitrogens is 1. The molecule has 0 aliphatic heterocycles. The monoisotopic (exact) mass is 409 g/mol. The van der Waals surface area contributed by atoms with Gasteiger partial charge in [0, 0.05) is 12.8 Å². The lowest BCUT2D eigenvalue weighted by Crippen LogP contribution is -2.30. The van der Waals surface area contributed by atoms with Gasteiger partial charge in [-0.15, -0.1) is 0 Å². The lowest BCUT2D eigenvalue weighted by Gasteiger charge is -2.15. The van der Waals surface area contributed by atoms with E-state index in [0.717, 1.165) is 0 Å². The highest BCUT2D eigenvalue weighted by Crippen LogP contribution is 2.23. The maximum absolute atomic E-state index is 12.3. The van der Waals surface area contributed by atoms with Crippen LogP contribution in [-0.2, 0) is 20.7 Å². The van der Waals surface area contributed by atoms with Crippen molar-refractivity contribution >= 4 is 28.5 Å². The smallest absolute Gasteiger partial charge is 0.306 e. The highest BCUT2D eigenvalue weighted by molar-refractivity contribution is 5.96. The molecule has 8 heteroatoms. The largest absolute Gasteiger partial charge is 0.495 e. The molecule has 2 N–H and O–H groups in total. The average molecular weight is 409 g/mol. The zero-order valence-corrected chi connectivity index (χ0v) is 16.8. The summed E-state index contributed by atoms with van der Waals surface area (Å²) < 4.78 is 10.4. The van der Waals surface area contributed by atoms with Crippen LogP contribution in [0.4, 0.5) is 5.69 Å². The Morgan fingerprint density at radius 1 is 1.13 bits per heavy atom. The van der Waals surface area contributed by atoms with Crippen LogP contribution in [0.2, 0.25) is 0 Å². The summed E-state index contributed by atoms with van der Waals surface area (Å²) in [5, 5.41) is 3.20. The Balaban J connectivity index is 1.49. The number of fused-ring (bicyclic) bond motifs is 1. The van der Waals surface area contributed by atoms with Crippen LogP contribution in [0.1, 0.15) is 25.6 Å². The van der Waals surface area contributed by atoms with Gasteiger partial charge in [-0.2, -0.15) is 0 Å². The minimum absolute atomic E-state index is 0.100. The lowest BCUT2D eigenvalue weighted by molar-refractivity contribution is -0.153. The molecule has 1 atom stereocenters. The number of amides is 1. The third kappa shape index (κ3) is 5.22. The van der Waals surface area contributed by atoms with Crippen molar-refractivity contribution in [3.8, 4) is 5.75 Å². The van der Waals surface area contributed by atoms with Crippen molar-refractivity contribution in [1.82, 2.24) is 9.97 Å². The lowest BCUT2D eigenvalue weighted by atomic mass is 10.2. The molecule has 0 aliphatic rings. The number of carbonyl (C=O) groups is 2. The number of rotatable bonds is 8. The molecule has 156 valence electrons. The van der Waals surface area contributed by atoms with E-state index in [-0.39, 0.29) is 12.0 Å². The van der Waals surface area contributed by atoms with Gasteiger partial charge in [-0.05, 0) is 37.6 Å². The number of aromatic nitrogens is 2. The van der Waals surface area contributed by atoms with Crippen molar-refractivity contribution in [3.05, 3.63) is 64.7 Å². The van der Waals surface area contributed by atoms with Gasteiger partial charge in [0.15, 0.2) is 6.10 Å². The summed E-state index contributed by atoms with van der Waals surface area (Å²) in [6, 6.07) is 14.0. The van der Waals surface area contributed by atoms with Crippen molar-refractivity contribution in [2.24, 2.45) is 0 Å². The van der Waals surface area contributed by atoms with Gasteiger partial charge in [0.1, 0.15) is 11.6 Å². The van der Waals surface area contributed by atoms with E-state index in [1.54, 1.807) is 42.5 Å². The molecule has 30 heavy (non-hydrogen) atoms. The average Bonchev–Trinajstić information content (AvgIpc) is 2.74. The van der Waals surface area contributed by atoms with E-state index >= 15 is 0 Å². The van der Waals surface area contributed by atoms with Crippen LogP contribution in [0.15, 0.2) is 53.3 Å². The van der Waals surface area contributed by atoms with Gasteiger partial charge in [-0.1, -0.05) is 24.3 Å². The predicted molar refractivity (Wildman–Crippen MR) is 112 cm³/mol. The SMILES string of the molecule is COc1ccccc1NC(=O)[C@@H](C)OC(=O)CCCc1nc2ccccc2c(=O)[nH]1. The van der Waals surface area contributed by atoms with E-state index in [1.807, 2.05) is 6.07 Å². The third-order valence-electron chi connectivity index (χ3n) is 4.50. The Bertz CT molecular complexity index is 1110. The molecule has 0 bridgehead atoms. The van der Waals surface area contributed by atoms with E-state index in [0.29, 0.717) is 41.0 Å². The molecule has 0 fully saturated rings. The first-order chi connectivity index (χ1) is 14.5. The molecule has 1 aromatic heterocycles. The molecule has 3 rings (SSSR count). The van der Waals surface area contributed by atoms with Crippen LogP contribution in [0.25, 0.3) is 10.9 Å². The first-order valence-electron chi connectivity index (χ1n) is 9.59. The molecule has 8 nitrogen and oxygen atoms in total. The number of hydrogen-bond donors (Lipinski definition) is 2. The van der Waals surface area contributed by atoms with Crippen molar-refractivity contribution in [3.63, 3.8) is 0 Å². The van der Waals surface area contributed by atoms with Crippen molar-refractivity contribution in [2.45, 2.75) is 32.3 Å². The number of benzene rings is 2. The van der Waals surface area contributed by atoms with Gasteiger partial charge in [0.25, 0.3) is 11.5 Å². The van der Waals surface area contributed by atoms with Crippen molar-refractivity contribution in [1.29, 1.82) is 0 Å². The topological polar surface area (TPSA) is 110 Å². The Kier molecular flexibility index (Phi) is 6.79. The van der Waals surface area contributed by atoms with Gasteiger partial charge >= 0.3 is 5.97 Å². The molecule has 0 spiro atoms. The number of nitrogens with one attached hydrogen (secondary N) is 2. The first-order valence-corrected chi connectivity index (χ1v) is 9.59. The van der Waals surface area contributed by atoms with Gasteiger partial charge in [0.2, 0.25) is 0 Å². The molecule has 0 unspecified atom stereocenters. The Morgan fingerprint density at radius 2 is 1.87 bits per heavy atom. The normalized spacial score (nSPS) is 11.7. The maximum Gasteiger partial charge on any atom is 0.306 e. The van der Waals surface area contributed by atoms with Crippen molar-refractivity contribution in [2.75, 3.05) is 12.4 Å². The van der Waals surface area contributed by atoms with E-state index < -0.39 is 18.0 Å². The number of esters is 1. The van der Waals surface area contributed by atoms with E-state index in [4.69, 9.17) is 9.47 Å². The number of carbonyl (C=O) groups excluding carboxylic acids is 2. The second kappa shape index (κ2) is 9.69. The molecular weight excluding hydrogens is 386 g/mol. The van der Waals surface area contributed by atoms with Gasteiger partial charge in [-0.25, -0.2) is 4.98 Å². The number of anilines is 1. The highest BCUT2D eigenvalue weighted by Gasteiger charge is 2.19. The van der Waals surface area contributed by atoms with Gasteiger partial charge < -0.3 is 19.8 Å². The fourth-order valence-electron chi connectivity index (χ4n) is 2.95. The summed E-state index contributed by atoms with van der Waals surface area (Å²) in [6.45, 7) is 1.50. The molecule has 1 amide bonds. The Labute approximate surface area is 173 Å². The zero-order chi connectivity index (χ0) is 21.5. The standard InChI is InChI=1S/C22H23N3O5/c1-14(21(27)24-17-10-5-6-11-18(17)29-2)30-20(26)13-7-12-19-23-16-9-4-3-8-15(16)22(28)25-19/h3-6,8-11,14H,7,12-13H2,1-2H3,(H,24,27)(H,23,25,28)/t14-/m1/s1. The van der Waals surface area contributed by atoms with Crippen LogP contribution in [-0.4, -0.2) is 35.1 Å². The second-order valence-corrected chi connectivity index (χ2v) is 6.70. The van der Waals surface area contributed by atoms with E-state index in [9.17, 15) is 14.4 Å². The van der Waals surface area contributed by atoms with Crippen LogP contribution >= 0.6 is 0 Å². The molecule has 3 aromatic rings. The molecule has 0 radical (unpaired) electrons. The van der Waals surface area contributed by atoms with Crippen LogP contribution < -0.4 is 15.6 Å². The van der Waals surface area contributed by atoms with Crippen LogP contribution in [0.3, 0.4) is 0 Å². The summed E-state index contributed by atoms with van der Waals surface area (Å²) in [5.74, 6) is 0.0731. The van der Waals surface area contributed by atoms with Crippen molar-refractivity contribution < 1.29 is 19.1 Å². The molecule has 0 saturated heterocycles. The predicted octanol–water partition coefficient (Wildman–Crippen LogP) is 2.82. The van der Waals surface area contributed by atoms with E-state index in [1.165, 1.54) is 14.0 Å². The minimum Gasteiger partial charge on any atom is -0.495 e. The summed E-state index contributed by atoms with van der Waals surface area (Å²) in [7, 11) is 1.51. The summed E-state index contributed by atoms with van der Waals surface area (Å²) >= 11 is 0. The number of hydrogen-bond acceptors (Lipinski definition) is 6. The molecule has 0 aliphatic carbocycles. The number of nitrogens with zero attached hydrogens (tertiary/aromatic N) is 1. The summed E-state index contributed by atoms with van der Waals surface area (Å²) in [4.78, 5) is 43.6. The number of aryl methyl sites for hydroxylation is 1. The number of ether oxygens (including phenoxy) is 2. The summed E-state index contributed by atoms with van der Waals surface area (Å²) in [6.07, 6.45) is -0.0122. The fourth-order valence-corrected chi connectivity index (χ4v) is 2.95. The molecule has 2 aromatic carbocycles. The Hall–Kier alpha value is -3.68. The van der Waals surface area contributed by atoms with Crippen LogP contribution in [0.5, 0.6) is 5.75 Å². The zero-order valence-electron chi connectivity index (χ0n) is 16.8. The maximum atomic E-state index is 12.3. The number of aromatic amines is 1. The van der Waals surface area contributed by atoms with E-state index in [2.05, 4.69) is 15.3 Å². The minimum atomic E-state index is -0.957. The molecule has 0 saturated carbocycles. The van der Waals surface area contributed by atoms with Gasteiger partial charge in [-0.3, -0.25) is 14.4 Å².